The smallest absolute Gasteiger partial charge is 0.229 e. The van der Waals surface area contributed by atoms with Crippen LogP contribution in [0.2, 0.25) is 5.02 Å². The average molecular weight is 375 g/mol. The second-order valence-electron chi connectivity index (χ2n) is 5.59. The SMILES string of the molecule is CCN(C(=O)CCc1ccc(OC)cc1)c1nc2cc(Cl)ccc2s1. The Labute approximate surface area is 156 Å². The number of hydrogen-bond acceptors (Lipinski definition) is 4. The minimum Gasteiger partial charge on any atom is -0.497 e. The molecule has 3 rings (SSSR count). The van der Waals surface area contributed by atoms with Gasteiger partial charge in [0.25, 0.3) is 0 Å². The van der Waals surface area contributed by atoms with Gasteiger partial charge in [0.15, 0.2) is 5.13 Å². The Balaban J connectivity index is 1.71. The first-order valence-corrected chi connectivity index (χ1v) is 9.29. The Morgan fingerprint density at radius 3 is 2.68 bits per heavy atom. The summed E-state index contributed by atoms with van der Waals surface area (Å²) < 4.78 is 6.18. The Bertz CT molecular complexity index is 877. The van der Waals surface area contributed by atoms with Crippen LogP contribution in [0.5, 0.6) is 5.75 Å². The first-order valence-electron chi connectivity index (χ1n) is 8.10. The molecular weight excluding hydrogens is 356 g/mol. The molecule has 0 fully saturated rings. The normalized spacial score (nSPS) is 10.8. The van der Waals surface area contributed by atoms with Gasteiger partial charge in [-0.3, -0.25) is 9.69 Å². The van der Waals surface area contributed by atoms with E-state index in [1.54, 1.807) is 12.0 Å². The highest BCUT2D eigenvalue weighted by Crippen LogP contribution is 2.30. The van der Waals surface area contributed by atoms with Crippen molar-refractivity contribution in [3.63, 3.8) is 0 Å². The highest BCUT2D eigenvalue weighted by Gasteiger charge is 2.18. The molecule has 1 heterocycles. The van der Waals surface area contributed by atoms with Gasteiger partial charge in [-0.2, -0.15) is 0 Å². The van der Waals surface area contributed by atoms with E-state index < -0.39 is 0 Å². The predicted molar refractivity (Wildman–Crippen MR) is 104 cm³/mol. The number of anilines is 1. The molecule has 0 saturated heterocycles. The molecule has 0 radical (unpaired) electrons. The van der Waals surface area contributed by atoms with Crippen molar-refractivity contribution in [3.05, 3.63) is 53.1 Å². The maximum absolute atomic E-state index is 12.7. The molecule has 4 nitrogen and oxygen atoms in total. The Morgan fingerprint density at radius 2 is 2.00 bits per heavy atom. The van der Waals surface area contributed by atoms with Crippen molar-refractivity contribution in [2.45, 2.75) is 19.8 Å². The van der Waals surface area contributed by atoms with Gasteiger partial charge in [-0.05, 0) is 49.2 Å². The third-order valence-corrected chi connectivity index (χ3v) is 5.27. The van der Waals surface area contributed by atoms with Crippen LogP contribution in [-0.4, -0.2) is 24.5 Å². The first-order chi connectivity index (χ1) is 12.1. The molecule has 0 bridgehead atoms. The third kappa shape index (κ3) is 4.11. The number of benzene rings is 2. The van der Waals surface area contributed by atoms with Gasteiger partial charge in [0.05, 0.1) is 17.3 Å². The van der Waals surface area contributed by atoms with Gasteiger partial charge in [0.1, 0.15) is 5.75 Å². The topological polar surface area (TPSA) is 42.4 Å². The molecule has 0 aliphatic carbocycles. The maximum atomic E-state index is 12.7. The molecule has 1 aromatic heterocycles. The molecule has 3 aromatic rings. The number of amides is 1. The summed E-state index contributed by atoms with van der Waals surface area (Å²) in [6.45, 7) is 2.55. The number of aromatic nitrogens is 1. The van der Waals surface area contributed by atoms with Crippen LogP contribution in [0.25, 0.3) is 10.2 Å². The van der Waals surface area contributed by atoms with Gasteiger partial charge in [0, 0.05) is 18.0 Å². The molecule has 2 aromatic carbocycles. The van der Waals surface area contributed by atoms with Crippen LogP contribution in [0.3, 0.4) is 0 Å². The van der Waals surface area contributed by atoms with Crippen molar-refractivity contribution in [2.24, 2.45) is 0 Å². The zero-order chi connectivity index (χ0) is 17.8. The third-order valence-electron chi connectivity index (χ3n) is 3.97. The fourth-order valence-electron chi connectivity index (χ4n) is 2.60. The van der Waals surface area contributed by atoms with Gasteiger partial charge in [0.2, 0.25) is 5.91 Å². The summed E-state index contributed by atoms with van der Waals surface area (Å²) in [6, 6.07) is 13.4. The highest BCUT2D eigenvalue weighted by atomic mass is 35.5. The lowest BCUT2D eigenvalue weighted by Crippen LogP contribution is -2.30. The molecule has 0 unspecified atom stereocenters. The average Bonchev–Trinajstić information content (AvgIpc) is 3.03. The number of nitrogens with zero attached hydrogens (tertiary/aromatic N) is 2. The monoisotopic (exact) mass is 374 g/mol. The summed E-state index contributed by atoms with van der Waals surface area (Å²) in [6.07, 6.45) is 1.13. The van der Waals surface area contributed by atoms with E-state index in [-0.39, 0.29) is 5.91 Å². The molecule has 0 N–H and O–H groups in total. The van der Waals surface area contributed by atoms with Crippen LogP contribution in [-0.2, 0) is 11.2 Å². The van der Waals surface area contributed by atoms with Gasteiger partial charge >= 0.3 is 0 Å². The van der Waals surface area contributed by atoms with Crippen LogP contribution in [0.15, 0.2) is 42.5 Å². The van der Waals surface area contributed by atoms with Gasteiger partial charge < -0.3 is 4.74 Å². The maximum Gasteiger partial charge on any atom is 0.229 e. The van der Waals surface area contributed by atoms with Crippen molar-refractivity contribution in [2.75, 3.05) is 18.6 Å². The van der Waals surface area contributed by atoms with E-state index in [1.165, 1.54) is 11.3 Å². The van der Waals surface area contributed by atoms with E-state index in [0.717, 1.165) is 26.7 Å². The molecule has 0 atom stereocenters. The first kappa shape index (κ1) is 17.7. The molecule has 0 aliphatic rings. The summed E-state index contributed by atoms with van der Waals surface area (Å²) in [5.41, 5.74) is 1.94. The number of halogens is 1. The lowest BCUT2D eigenvalue weighted by molar-refractivity contribution is -0.118. The zero-order valence-electron chi connectivity index (χ0n) is 14.2. The fourth-order valence-corrected chi connectivity index (χ4v) is 3.79. The predicted octanol–water partition coefficient (Wildman–Crippen LogP) is 4.94. The highest BCUT2D eigenvalue weighted by molar-refractivity contribution is 7.22. The van der Waals surface area contributed by atoms with Gasteiger partial charge in [-0.15, -0.1) is 0 Å². The molecule has 25 heavy (non-hydrogen) atoms. The van der Waals surface area contributed by atoms with Crippen LogP contribution in [0, 0.1) is 0 Å². The van der Waals surface area contributed by atoms with Crippen molar-refractivity contribution in [1.82, 2.24) is 4.98 Å². The molecular formula is C19H19ClN2O2S. The van der Waals surface area contributed by atoms with E-state index in [1.807, 2.05) is 49.4 Å². The van der Waals surface area contributed by atoms with Crippen molar-refractivity contribution >= 4 is 44.2 Å². The lowest BCUT2D eigenvalue weighted by Gasteiger charge is -2.17. The number of carbonyl (C=O) groups is 1. The number of hydrogen-bond donors (Lipinski definition) is 0. The van der Waals surface area contributed by atoms with E-state index in [0.29, 0.717) is 24.4 Å². The van der Waals surface area contributed by atoms with Crippen molar-refractivity contribution < 1.29 is 9.53 Å². The summed E-state index contributed by atoms with van der Waals surface area (Å²) >= 11 is 7.53. The van der Waals surface area contributed by atoms with E-state index in [2.05, 4.69) is 4.98 Å². The number of ether oxygens (including phenoxy) is 1. The molecule has 130 valence electrons. The number of aryl methyl sites for hydroxylation is 1. The van der Waals surface area contributed by atoms with Crippen molar-refractivity contribution in [3.8, 4) is 5.75 Å². The summed E-state index contributed by atoms with van der Waals surface area (Å²) in [5, 5.41) is 1.37. The Kier molecular flexibility index (Phi) is 5.56. The molecule has 6 heteroatoms. The quantitative estimate of drug-likeness (QED) is 0.613. The zero-order valence-corrected chi connectivity index (χ0v) is 15.7. The Morgan fingerprint density at radius 1 is 1.24 bits per heavy atom. The molecule has 0 aliphatic heterocycles. The number of thiazole rings is 1. The second-order valence-corrected chi connectivity index (χ2v) is 7.04. The summed E-state index contributed by atoms with van der Waals surface area (Å²) in [4.78, 5) is 19.0. The second kappa shape index (κ2) is 7.85. The van der Waals surface area contributed by atoms with Gasteiger partial charge in [-0.1, -0.05) is 35.1 Å². The summed E-state index contributed by atoms with van der Waals surface area (Å²) in [7, 11) is 1.64. The van der Waals surface area contributed by atoms with Crippen molar-refractivity contribution in [1.29, 1.82) is 0 Å². The molecule has 0 spiro atoms. The fraction of sp³-hybridized carbons (Fsp3) is 0.263. The number of rotatable bonds is 6. The number of methoxy groups -OCH3 is 1. The van der Waals surface area contributed by atoms with E-state index >= 15 is 0 Å². The molecule has 1 amide bonds. The molecule has 0 saturated carbocycles. The minimum absolute atomic E-state index is 0.0727. The summed E-state index contributed by atoms with van der Waals surface area (Å²) in [5.74, 6) is 0.891. The Hall–Kier alpha value is -2.11. The number of fused-ring (bicyclic) bond motifs is 1. The van der Waals surface area contributed by atoms with E-state index in [9.17, 15) is 4.79 Å². The lowest BCUT2D eigenvalue weighted by atomic mass is 10.1. The largest absolute Gasteiger partial charge is 0.497 e. The van der Waals surface area contributed by atoms with Gasteiger partial charge in [-0.25, -0.2) is 4.98 Å². The minimum atomic E-state index is 0.0727. The van der Waals surface area contributed by atoms with Crippen LogP contribution in [0.1, 0.15) is 18.9 Å². The van der Waals surface area contributed by atoms with Crippen LogP contribution < -0.4 is 9.64 Å². The number of carbonyl (C=O) groups excluding carboxylic acids is 1. The van der Waals surface area contributed by atoms with Crippen LogP contribution >= 0.6 is 22.9 Å². The van der Waals surface area contributed by atoms with E-state index in [4.69, 9.17) is 16.3 Å². The van der Waals surface area contributed by atoms with Crippen LogP contribution in [0.4, 0.5) is 5.13 Å². The standard InChI is InChI=1S/C19H19ClN2O2S/c1-3-22(19-21-16-12-14(20)7-10-17(16)25-19)18(23)11-6-13-4-8-15(24-2)9-5-13/h4-5,7-10,12H,3,6,11H2,1-2H3.